The zero-order chi connectivity index (χ0) is 19.8. The quantitative estimate of drug-likeness (QED) is 0.786. The normalized spacial score (nSPS) is 19.6. The first kappa shape index (κ1) is 19.3. The van der Waals surface area contributed by atoms with Gasteiger partial charge in [-0.1, -0.05) is 12.1 Å². The van der Waals surface area contributed by atoms with Crippen molar-refractivity contribution in [2.45, 2.75) is 17.9 Å². The molecule has 0 spiro atoms. The summed E-state index contributed by atoms with van der Waals surface area (Å²) in [6.45, 7) is 1.99. The number of amidine groups is 1. The molecular formula is C17H19N3O5S2. The highest BCUT2D eigenvalue weighted by atomic mass is 32.2. The fourth-order valence-corrected chi connectivity index (χ4v) is 4.37. The van der Waals surface area contributed by atoms with E-state index in [0.29, 0.717) is 0 Å². The first-order valence-electron chi connectivity index (χ1n) is 8.16. The fraction of sp³-hybridized carbons (Fsp3) is 0.294. The number of benzene rings is 1. The van der Waals surface area contributed by atoms with Crippen LogP contribution in [-0.4, -0.2) is 52.0 Å². The Morgan fingerprint density at radius 1 is 1.26 bits per heavy atom. The maximum atomic E-state index is 12.7. The Kier molecular flexibility index (Phi) is 4.96. The number of rotatable bonds is 4. The van der Waals surface area contributed by atoms with Crippen LogP contribution in [0.4, 0.5) is 0 Å². The molecule has 1 amide bonds. The van der Waals surface area contributed by atoms with Crippen molar-refractivity contribution in [3.63, 3.8) is 0 Å². The SMILES string of the molecule is CC(NC(=O)C1=CC=CN2CCS(=O)(=O)N=C12)c1ccc(S(C)(=O)=O)cc1. The van der Waals surface area contributed by atoms with Gasteiger partial charge in [0.05, 0.1) is 22.3 Å². The Balaban J connectivity index is 1.79. The third-order valence-corrected chi connectivity index (χ3v) is 6.54. The summed E-state index contributed by atoms with van der Waals surface area (Å²) in [5.74, 6) is -0.445. The number of amides is 1. The van der Waals surface area contributed by atoms with E-state index in [1.54, 1.807) is 36.2 Å². The molecule has 1 N–H and O–H groups in total. The monoisotopic (exact) mass is 409 g/mol. The van der Waals surface area contributed by atoms with Crippen LogP contribution < -0.4 is 5.32 Å². The van der Waals surface area contributed by atoms with Gasteiger partial charge in [0.25, 0.3) is 15.9 Å². The van der Waals surface area contributed by atoms with Crippen molar-refractivity contribution >= 4 is 31.6 Å². The van der Waals surface area contributed by atoms with Crippen molar-refractivity contribution in [3.05, 3.63) is 53.8 Å². The van der Waals surface area contributed by atoms with E-state index in [1.165, 1.54) is 18.2 Å². The summed E-state index contributed by atoms with van der Waals surface area (Å²) < 4.78 is 50.4. The van der Waals surface area contributed by atoms with Crippen molar-refractivity contribution in [2.24, 2.45) is 4.40 Å². The van der Waals surface area contributed by atoms with Crippen molar-refractivity contribution in [1.29, 1.82) is 0 Å². The standard InChI is InChI=1S/C17H19N3O5S2/c1-12(13-5-7-14(8-6-13)26(2,22)23)18-17(21)15-4-3-9-20-10-11-27(24,25)19-16(15)20/h3-9,12H,10-11H2,1-2H3,(H,18,21). The molecule has 0 bridgehead atoms. The van der Waals surface area contributed by atoms with E-state index in [2.05, 4.69) is 9.71 Å². The summed E-state index contributed by atoms with van der Waals surface area (Å²) in [5.41, 5.74) is 0.887. The summed E-state index contributed by atoms with van der Waals surface area (Å²) in [6, 6.07) is 5.81. The molecule has 0 fully saturated rings. The Labute approximate surface area is 158 Å². The van der Waals surface area contributed by atoms with E-state index in [-0.39, 0.29) is 28.6 Å². The van der Waals surface area contributed by atoms with Gasteiger partial charge in [0.1, 0.15) is 0 Å². The van der Waals surface area contributed by atoms with Crippen molar-refractivity contribution in [3.8, 4) is 0 Å². The first-order chi connectivity index (χ1) is 12.6. The Hall–Kier alpha value is -2.46. The number of hydrogen-bond donors (Lipinski definition) is 1. The number of fused-ring (bicyclic) bond motifs is 1. The minimum absolute atomic E-state index is 0.0984. The summed E-state index contributed by atoms with van der Waals surface area (Å²) in [4.78, 5) is 14.5. The molecule has 1 aromatic rings. The van der Waals surface area contributed by atoms with Crippen LogP contribution in [0.25, 0.3) is 0 Å². The molecule has 144 valence electrons. The van der Waals surface area contributed by atoms with Gasteiger partial charge in [-0.25, -0.2) is 16.8 Å². The fourth-order valence-electron chi connectivity index (χ4n) is 2.75. The van der Waals surface area contributed by atoms with E-state index >= 15 is 0 Å². The van der Waals surface area contributed by atoms with Crippen LogP contribution in [0.1, 0.15) is 18.5 Å². The minimum Gasteiger partial charge on any atom is -0.345 e. The molecule has 1 unspecified atom stereocenters. The summed E-state index contributed by atoms with van der Waals surface area (Å²) in [7, 11) is -6.88. The predicted octanol–water partition coefficient (Wildman–Crippen LogP) is 0.765. The van der Waals surface area contributed by atoms with Crippen molar-refractivity contribution < 1.29 is 21.6 Å². The van der Waals surface area contributed by atoms with Gasteiger partial charge in [0.2, 0.25) is 0 Å². The lowest BCUT2D eigenvalue weighted by molar-refractivity contribution is -0.117. The molecule has 1 aromatic carbocycles. The summed E-state index contributed by atoms with van der Waals surface area (Å²) >= 11 is 0. The van der Waals surface area contributed by atoms with Gasteiger partial charge >= 0.3 is 0 Å². The second-order valence-corrected chi connectivity index (χ2v) is 10.1. The third kappa shape index (κ3) is 4.28. The number of sulfone groups is 1. The number of carbonyl (C=O) groups is 1. The van der Waals surface area contributed by atoms with Gasteiger partial charge in [-0.2, -0.15) is 0 Å². The molecule has 27 heavy (non-hydrogen) atoms. The molecule has 8 nitrogen and oxygen atoms in total. The van der Waals surface area contributed by atoms with Crippen molar-refractivity contribution in [1.82, 2.24) is 10.2 Å². The molecule has 2 heterocycles. The summed E-state index contributed by atoms with van der Waals surface area (Å²) in [5, 5.41) is 2.79. The van der Waals surface area contributed by atoms with Crippen LogP contribution in [0.3, 0.4) is 0 Å². The molecule has 2 aliphatic heterocycles. The second kappa shape index (κ2) is 6.93. The maximum Gasteiger partial charge on any atom is 0.256 e. The van der Waals surface area contributed by atoms with Gasteiger partial charge < -0.3 is 10.2 Å². The lowest BCUT2D eigenvalue weighted by Gasteiger charge is -2.29. The minimum atomic E-state index is -3.58. The molecule has 3 rings (SSSR count). The summed E-state index contributed by atoms with van der Waals surface area (Å²) in [6.07, 6.45) is 5.99. The van der Waals surface area contributed by atoms with Crippen LogP contribution in [0.2, 0.25) is 0 Å². The molecule has 0 radical (unpaired) electrons. The molecule has 0 saturated heterocycles. The number of carbonyl (C=O) groups excluding carboxylic acids is 1. The third-order valence-electron chi connectivity index (χ3n) is 4.26. The number of nitrogens with one attached hydrogen (secondary N) is 1. The highest BCUT2D eigenvalue weighted by Crippen LogP contribution is 2.20. The van der Waals surface area contributed by atoms with E-state index in [0.717, 1.165) is 11.8 Å². The predicted molar refractivity (Wildman–Crippen MR) is 101 cm³/mol. The van der Waals surface area contributed by atoms with Gasteiger partial charge in [0, 0.05) is 19.0 Å². The highest BCUT2D eigenvalue weighted by Gasteiger charge is 2.30. The smallest absolute Gasteiger partial charge is 0.256 e. The van der Waals surface area contributed by atoms with Crippen LogP contribution >= 0.6 is 0 Å². The van der Waals surface area contributed by atoms with Crippen LogP contribution in [0.5, 0.6) is 0 Å². The Morgan fingerprint density at radius 3 is 2.56 bits per heavy atom. The molecule has 0 saturated carbocycles. The van der Waals surface area contributed by atoms with Gasteiger partial charge in [-0.05, 0) is 36.8 Å². The Morgan fingerprint density at radius 2 is 1.93 bits per heavy atom. The first-order valence-corrected chi connectivity index (χ1v) is 11.7. The molecule has 10 heteroatoms. The van der Waals surface area contributed by atoms with Gasteiger partial charge in [-0.3, -0.25) is 4.79 Å². The zero-order valence-electron chi connectivity index (χ0n) is 14.8. The second-order valence-electron chi connectivity index (χ2n) is 6.35. The van der Waals surface area contributed by atoms with E-state index < -0.39 is 31.8 Å². The molecule has 0 aliphatic carbocycles. The molecule has 1 atom stereocenters. The molecule has 0 aromatic heterocycles. The van der Waals surface area contributed by atoms with Gasteiger partial charge in [0.15, 0.2) is 15.7 Å². The average Bonchev–Trinajstić information content (AvgIpc) is 2.59. The number of hydrogen-bond acceptors (Lipinski definition) is 6. The van der Waals surface area contributed by atoms with Crippen LogP contribution in [-0.2, 0) is 24.7 Å². The number of nitrogens with zero attached hydrogens (tertiary/aromatic N) is 2. The number of sulfonamides is 1. The highest BCUT2D eigenvalue weighted by molar-refractivity contribution is 7.90. The van der Waals surface area contributed by atoms with Crippen LogP contribution in [0.15, 0.2) is 57.5 Å². The van der Waals surface area contributed by atoms with Crippen LogP contribution in [0, 0.1) is 0 Å². The topological polar surface area (TPSA) is 113 Å². The zero-order valence-corrected chi connectivity index (χ0v) is 16.4. The van der Waals surface area contributed by atoms with Gasteiger partial charge in [-0.15, -0.1) is 4.40 Å². The van der Waals surface area contributed by atoms with Crippen molar-refractivity contribution in [2.75, 3.05) is 18.6 Å². The largest absolute Gasteiger partial charge is 0.345 e. The molecule has 2 aliphatic rings. The lowest BCUT2D eigenvalue weighted by Crippen LogP contribution is -2.42. The average molecular weight is 409 g/mol. The molecular weight excluding hydrogens is 390 g/mol. The van der Waals surface area contributed by atoms with E-state index in [4.69, 9.17) is 0 Å². The lowest BCUT2D eigenvalue weighted by atomic mass is 10.1. The Bertz CT molecular complexity index is 1070. The van der Waals surface area contributed by atoms with E-state index in [1.807, 2.05) is 0 Å². The maximum absolute atomic E-state index is 12.7. The number of allylic oxidation sites excluding steroid dienone is 2. The van der Waals surface area contributed by atoms with E-state index in [9.17, 15) is 21.6 Å².